The summed E-state index contributed by atoms with van der Waals surface area (Å²) in [5, 5.41) is 10.2. The zero-order valence-corrected chi connectivity index (χ0v) is 14.9. The molecule has 1 atom stereocenters. The van der Waals surface area contributed by atoms with Gasteiger partial charge in [-0.1, -0.05) is 30.3 Å². The summed E-state index contributed by atoms with van der Waals surface area (Å²) in [5.41, 5.74) is 1.14. The van der Waals surface area contributed by atoms with Crippen LogP contribution in [0.3, 0.4) is 0 Å². The van der Waals surface area contributed by atoms with Gasteiger partial charge in [-0.25, -0.2) is 8.78 Å². The quantitative estimate of drug-likeness (QED) is 0.868. The number of amides is 1. The molecule has 7 heteroatoms. The first kappa shape index (κ1) is 19.3. The van der Waals surface area contributed by atoms with Crippen LogP contribution < -0.4 is 4.74 Å². The van der Waals surface area contributed by atoms with E-state index >= 15 is 0 Å². The number of halogens is 2. The lowest BCUT2D eigenvalue weighted by Crippen LogP contribution is -2.40. The molecule has 1 N–H and O–H groups in total. The number of hydrogen-bond acceptors (Lipinski definition) is 4. The topological polar surface area (TPSA) is 53.0 Å². The van der Waals surface area contributed by atoms with Gasteiger partial charge in [-0.2, -0.15) is 0 Å². The molecule has 1 fully saturated rings. The second-order valence-electron chi connectivity index (χ2n) is 6.58. The van der Waals surface area contributed by atoms with Crippen molar-refractivity contribution >= 4 is 5.91 Å². The lowest BCUT2D eigenvalue weighted by atomic mass is 10.2. The normalized spacial score (nSPS) is 18.2. The Balaban J connectivity index is 1.54. The van der Waals surface area contributed by atoms with Crippen LogP contribution in [0.5, 0.6) is 5.75 Å². The zero-order chi connectivity index (χ0) is 19.2. The summed E-state index contributed by atoms with van der Waals surface area (Å²) < 4.78 is 31.7. The highest BCUT2D eigenvalue weighted by Crippen LogP contribution is 2.18. The molecular weight excluding hydrogens is 354 g/mol. The number of hydrogen-bond donors (Lipinski definition) is 1. The third kappa shape index (κ3) is 5.48. The molecule has 2 aromatic carbocycles. The van der Waals surface area contributed by atoms with E-state index in [-0.39, 0.29) is 24.8 Å². The van der Waals surface area contributed by atoms with Gasteiger partial charge in [0.15, 0.2) is 18.2 Å². The van der Waals surface area contributed by atoms with Gasteiger partial charge in [-0.05, 0) is 17.7 Å². The highest BCUT2D eigenvalue weighted by atomic mass is 19.1. The highest BCUT2D eigenvalue weighted by Gasteiger charge is 2.25. The van der Waals surface area contributed by atoms with E-state index in [1.165, 1.54) is 4.90 Å². The predicted molar refractivity (Wildman–Crippen MR) is 96.2 cm³/mol. The van der Waals surface area contributed by atoms with E-state index in [9.17, 15) is 18.7 Å². The molecule has 1 saturated heterocycles. The van der Waals surface area contributed by atoms with Crippen LogP contribution >= 0.6 is 0 Å². The second kappa shape index (κ2) is 8.92. The molecule has 0 saturated carbocycles. The van der Waals surface area contributed by atoms with E-state index < -0.39 is 17.7 Å². The summed E-state index contributed by atoms with van der Waals surface area (Å²) in [6.07, 6.45) is -0.678. The smallest absolute Gasteiger partial charge is 0.260 e. The van der Waals surface area contributed by atoms with Gasteiger partial charge >= 0.3 is 0 Å². The Morgan fingerprint density at radius 1 is 1.11 bits per heavy atom. The standard InChI is InChI=1S/C20H22F2N2O3/c21-16-6-7-19(18(22)10-16)27-14-20(26)24-9-8-23(12-17(25)13-24)11-15-4-2-1-3-5-15/h1-7,10,17,25H,8-9,11-14H2/t17-/m0/s1. The van der Waals surface area contributed by atoms with E-state index in [0.717, 1.165) is 17.7 Å². The molecule has 27 heavy (non-hydrogen) atoms. The van der Waals surface area contributed by atoms with Crippen molar-refractivity contribution in [2.45, 2.75) is 12.6 Å². The van der Waals surface area contributed by atoms with Crippen molar-refractivity contribution in [3.05, 3.63) is 65.7 Å². The number of aliphatic hydroxyl groups excluding tert-OH is 1. The Morgan fingerprint density at radius 2 is 1.89 bits per heavy atom. The van der Waals surface area contributed by atoms with Crippen LogP contribution in [0.4, 0.5) is 8.78 Å². The van der Waals surface area contributed by atoms with Crippen molar-refractivity contribution in [1.82, 2.24) is 9.80 Å². The third-order valence-corrected chi connectivity index (χ3v) is 4.43. The summed E-state index contributed by atoms with van der Waals surface area (Å²) in [6.45, 7) is 2.04. The van der Waals surface area contributed by atoms with Crippen molar-refractivity contribution < 1.29 is 23.4 Å². The van der Waals surface area contributed by atoms with Crippen molar-refractivity contribution in [2.24, 2.45) is 0 Å². The van der Waals surface area contributed by atoms with Crippen LogP contribution in [-0.4, -0.2) is 59.7 Å². The molecule has 2 aromatic rings. The first-order valence-corrected chi connectivity index (χ1v) is 8.81. The Labute approximate surface area is 156 Å². The fourth-order valence-electron chi connectivity index (χ4n) is 3.09. The Morgan fingerprint density at radius 3 is 2.63 bits per heavy atom. The van der Waals surface area contributed by atoms with E-state index in [2.05, 4.69) is 4.90 Å². The average Bonchev–Trinajstić information content (AvgIpc) is 2.83. The monoisotopic (exact) mass is 376 g/mol. The number of aliphatic hydroxyl groups is 1. The number of β-amino-alcohol motifs (C(OH)–C–C–N with tert-alkyl or cyclic N) is 1. The number of nitrogens with zero attached hydrogens (tertiary/aromatic N) is 2. The largest absolute Gasteiger partial charge is 0.481 e. The molecule has 1 aliphatic heterocycles. The second-order valence-corrected chi connectivity index (χ2v) is 6.58. The molecule has 0 unspecified atom stereocenters. The molecular formula is C20H22F2N2O3. The number of carbonyl (C=O) groups is 1. The highest BCUT2D eigenvalue weighted by molar-refractivity contribution is 5.77. The van der Waals surface area contributed by atoms with Crippen molar-refractivity contribution in [2.75, 3.05) is 32.8 Å². The maximum absolute atomic E-state index is 13.6. The lowest BCUT2D eigenvalue weighted by molar-refractivity contribution is -0.134. The van der Waals surface area contributed by atoms with Gasteiger partial charge in [-0.3, -0.25) is 9.69 Å². The fourth-order valence-corrected chi connectivity index (χ4v) is 3.09. The predicted octanol–water partition coefficient (Wildman–Crippen LogP) is 2.05. The van der Waals surface area contributed by atoms with Gasteiger partial charge in [0.2, 0.25) is 0 Å². The Bertz CT molecular complexity index is 773. The van der Waals surface area contributed by atoms with Crippen molar-refractivity contribution in [3.63, 3.8) is 0 Å². The molecule has 144 valence electrons. The van der Waals surface area contributed by atoms with Gasteiger partial charge in [0.1, 0.15) is 5.82 Å². The lowest BCUT2D eigenvalue weighted by Gasteiger charge is -2.22. The van der Waals surface area contributed by atoms with Gasteiger partial charge in [0, 0.05) is 38.8 Å². The Hall–Kier alpha value is -2.51. The number of benzene rings is 2. The summed E-state index contributed by atoms with van der Waals surface area (Å²) in [7, 11) is 0. The van der Waals surface area contributed by atoms with E-state index in [0.29, 0.717) is 32.2 Å². The molecule has 0 spiro atoms. The van der Waals surface area contributed by atoms with Crippen LogP contribution in [0.1, 0.15) is 5.56 Å². The minimum atomic E-state index is -0.854. The number of ether oxygens (including phenoxy) is 1. The summed E-state index contributed by atoms with van der Waals surface area (Å²) in [4.78, 5) is 16.0. The minimum Gasteiger partial charge on any atom is -0.481 e. The SMILES string of the molecule is O=C(COc1ccc(F)cc1F)N1CCN(Cc2ccccc2)C[C@H](O)C1. The van der Waals surface area contributed by atoms with E-state index in [1.54, 1.807) is 0 Å². The van der Waals surface area contributed by atoms with Gasteiger partial charge in [-0.15, -0.1) is 0 Å². The van der Waals surface area contributed by atoms with Crippen molar-refractivity contribution in [3.8, 4) is 5.75 Å². The first-order valence-electron chi connectivity index (χ1n) is 8.81. The van der Waals surface area contributed by atoms with Crippen LogP contribution in [0.15, 0.2) is 48.5 Å². The molecule has 3 rings (SSSR count). The molecule has 0 aromatic heterocycles. The summed E-state index contributed by atoms with van der Waals surface area (Å²) in [6, 6.07) is 12.8. The van der Waals surface area contributed by atoms with E-state index in [1.807, 2.05) is 30.3 Å². The maximum Gasteiger partial charge on any atom is 0.260 e. The van der Waals surface area contributed by atoms with E-state index in [4.69, 9.17) is 4.74 Å². The zero-order valence-electron chi connectivity index (χ0n) is 14.9. The first-order chi connectivity index (χ1) is 13.0. The number of rotatable bonds is 5. The molecule has 1 amide bonds. The van der Waals surface area contributed by atoms with Gasteiger partial charge in [0.05, 0.1) is 6.10 Å². The maximum atomic E-state index is 13.6. The minimum absolute atomic E-state index is 0.175. The molecule has 0 bridgehead atoms. The number of carbonyl (C=O) groups excluding carboxylic acids is 1. The third-order valence-electron chi connectivity index (χ3n) is 4.43. The Kier molecular flexibility index (Phi) is 6.36. The van der Waals surface area contributed by atoms with Gasteiger partial charge in [0.25, 0.3) is 5.91 Å². The fraction of sp³-hybridized carbons (Fsp3) is 0.350. The van der Waals surface area contributed by atoms with Gasteiger partial charge < -0.3 is 14.7 Å². The van der Waals surface area contributed by atoms with Crippen LogP contribution in [0.2, 0.25) is 0 Å². The van der Waals surface area contributed by atoms with Crippen molar-refractivity contribution in [1.29, 1.82) is 0 Å². The van der Waals surface area contributed by atoms with Crippen LogP contribution in [0.25, 0.3) is 0 Å². The average molecular weight is 376 g/mol. The molecule has 1 heterocycles. The molecule has 5 nitrogen and oxygen atoms in total. The summed E-state index contributed by atoms with van der Waals surface area (Å²) in [5.74, 6) is -2.08. The molecule has 1 aliphatic rings. The van der Waals surface area contributed by atoms with Crippen LogP contribution in [0, 0.1) is 11.6 Å². The van der Waals surface area contributed by atoms with Crippen LogP contribution in [-0.2, 0) is 11.3 Å². The molecule has 0 aliphatic carbocycles. The molecule has 0 radical (unpaired) electrons. The summed E-state index contributed by atoms with van der Waals surface area (Å²) >= 11 is 0.